The van der Waals surface area contributed by atoms with Crippen LogP contribution in [0.1, 0.15) is 16.7 Å². The highest BCUT2D eigenvalue weighted by molar-refractivity contribution is 5.79. The molecule has 0 saturated carbocycles. The Morgan fingerprint density at radius 3 is 2.28 bits per heavy atom. The molecule has 0 bridgehead atoms. The van der Waals surface area contributed by atoms with Crippen molar-refractivity contribution >= 4 is 11.0 Å². The summed E-state index contributed by atoms with van der Waals surface area (Å²) in [5.74, 6) is 0.762. The number of pyridine rings is 1. The van der Waals surface area contributed by atoms with Crippen molar-refractivity contribution in [3.05, 3.63) is 77.4 Å². The molecule has 0 spiro atoms. The fourth-order valence-corrected chi connectivity index (χ4v) is 3.96. The summed E-state index contributed by atoms with van der Waals surface area (Å²) in [6, 6.07) is 20.4. The molecule has 0 atom stereocenters. The fourth-order valence-electron chi connectivity index (χ4n) is 3.96. The molecule has 0 radical (unpaired) electrons. The highest BCUT2D eigenvalue weighted by atomic mass is 15.1. The Morgan fingerprint density at radius 1 is 0.724 bits per heavy atom. The second-order valence-electron chi connectivity index (χ2n) is 7.45. The van der Waals surface area contributed by atoms with Crippen LogP contribution in [-0.4, -0.2) is 25.1 Å². The number of hydrogen-bond acceptors (Lipinski definition) is 3. The third-order valence-electron chi connectivity index (χ3n) is 5.17. The number of H-pyrrole nitrogens is 2. The maximum absolute atomic E-state index is 4.81. The molecular weight excluding hydrogens is 358 g/mol. The van der Waals surface area contributed by atoms with Crippen LogP contribution in [0.3, 0.4) is 0 Å². The van der Waals surface area contributed by atoms with Crippen molar-refractivity contribution in [2.45, 2.75) is 20.8 Å². The van der Waals surface area contributed by atoms with E-state index in [1.54, 1.807) is 0 Å². The first-order valence-electron chi connectivity index (χ1n) is 9.65. The van der Waals surface area contributed by atoms with Crippen molar-refractivity contribution in [2.24, 2.45) is 0 Å². The molecule has 5 nitrogen and oxygen atoms in total. The first-order valence-corrected chi connectivity index (χ1v) is 9.65. The van der Waals surface area contributed by atoms with E-state index in [2.05, 4.69) is 59.1 Å². The first kappa shape index (κ1) is 17.4. The summed E-state index contributed by atoms with van der Waals surface area (Å²) in [6.45, 7) is 6.38. The molecule has 0 saturated heterocycles. The van der Waals surface area contributed by atoms with Crippen molar-refractivity contribution in [3.8, 4) is 34.2 Å². The standard InChI is InChI=1S/C24H21N5/c1-14-11-15(2)23(16(3)12-14)22-13-21(28-29-22)19-9-6-10-20(25-19)24-26-17-7-4-5-8-18(17)27-24/h4-13H,1-3H3,(H,26,27)(H,28,29). The van der Waals surface area contributed by atoms with Crippen molar-refractivity contribution in [1.82, 2.24) is 25.1 Å². The predicted molar refractivity (Wildman–Crippen MR) is 117 cm³/mol. The summed E-state index contributed by atoms with van der Waals surface area (Å²) in [4.78, 5) is 12.8. The van der Waals surface area contributed by atoms with Gasteiger partial charge < -0.3 is 4.98 Å². The van der Waals surface area contributed by atoms with Crippen LogP contribution in [0.15, 0.2) is 60.7 Å². The largest absolute Gasteiger partial charge is 0.337 e. The molecule has 5 aromatic rings. The summed E-state index contributed by atoms with van der Waals surface area (Å²) < 4.78 is 0. The van der Waals surface area contributed by atoms with Crippen molar-refractivity contribution in [3.63, 3.8) is 0 Å². The summed E-state index contributed by atoms with van der Waals surface area (Å²) in [5.41, 5.74) is 10.3. The van der Waals surface area contributed by atoms with Crippen LogP contribution in [0.25, 0.3) is 45.2 Å². The van der Waals surface area contributed by atoms with E-state index in [4.69, 9.17) is 4.98 Å². The number of aromatic nitrogens is 5. The van der Waals surface area contributed by atoms with Gasteiger partial charge >= 0.3 is 0 Å². The molecule has 0 aliphatic carbocycles. The maximum atomic E-state index is 4.81. The monoisotopic (exact) mass is 379 g/mol. The number of hydrogen-bond donors (Lipinski definition) is 2. The van der Waals surface area contributed by atoms with Crippen LogP contribution >= 0.6 is 0 Å². The summed E-state index contributed by atoms with van der Waals surface area (Å²) in [5, 5.41) is 7.71. The second-order valence-corrected chi connectivity index (χ2v) is 7.45. The average Bonchev–Trinajstić information content (AvgIpc) is 3.35. The first-order chi connectivity index (χ1) is 14.1. The van der Waals surface area contributed by atoms with E-state index in [9.17, 15) is 0 Å². The molecule has 0 aliphatic heterocycles. The van der Waals surface area contributed by atoms with E-state index in [1.807, 2.05) is 42.5 Å². The Morgan fingerprint density at radius 2 is 1.48 bits per heavy atom. The number of aryl methyl sites for hydroxylation is 3. The highest BCUT2D eigenvalue weighted by Crippen LogP contribution is 2.30. The Kier molecular flexibility index (Phi) is 4.02. The molecule has 142 valence electrons. The zero-order valence-corrected chi connectivity index (χ0v) is 16.6. The van der Waals surface area contributed by atoms with E-state index >= 15 is 0 Å². The minimum Gasteiger partial charge on any atom is -0.337 e. The Bertz CT molecular complexity index is 1290. The number of nitrogens with one attached hydrogen (secondary N) is 2. The number of para-hydroxylation sites is 2. The van der Waals surface area contributed by atoms with Crippen LogP contribution in [0.5, 0.6) is 0 Å². The van der Waals surface area contributed by atoms with Crippen LogP contribution in [0, 0.1) is 20.8 Å². The van der Waals surface area contributed by atoms with E-state index in [0.29, 0.717) is 0 Å². The molecule has 29 heavy (non-hydrogen) atoms. The molecule has 3 heterocycles. The van der Waals surface area contributed by atoms with Gasteiger partial charge in [0.25, 0.3) is 0 Å². The van der Waals surface area contributed by atoms with Crippen LogP contribution < -0.4 is 0 Å². The Balaban J connectivity index is 1.54. The van der Waals surface area contributed by atoms with Crippen LogP contribution in [0.2, 0.25) is 0 Å². The molecule has 5 rings (SSSR count). The lowest BCUT2D eigenvalue weighted by atomic mass is 9.97. The molecule has 0 unspecified atom stereocenters. The van der Waals surface area contributed by atoms with Gasteiger partial charge in [-0.15, -0.1) is 0 Å². The Labute approximate surface area is 168 Å². The van der Waals surface area contributed by atoms with Gasteiger partial charge in [-0.1, -0.05) is 35.9 Å². The van der Waals surface area contributed by atoms with Gasteiger partial charge in [-0.3, -0.25) is 5.10 Å². The van der Waals surface area contributed by atoms with Crippen molar-refractivity contribution < 1.29 is 0 Å². The quantitative estimate of drug-likeness (QED) is 0.428. The zero-order valence-electron chi connectivity index (χ0n) is 16.6. The van der Waals surface area contributed by atoms with Gasteiger partial charge in [-0.25, -0.2) is 9.97 Å². The average molecular weight is 379 g/mol. The number of fused-ring (bicyclic) bond motifs is 1. The van der Waals surface area contributed by atoms with E-state index in [0.717, 1.165) is 39.6 Å². The molecule has 0 amide bonds. The van der Waals surface area contributed by atoms with Gasteiger partial charge in [0.1, 0.15) is 5.69 Å². The minimum atomic E-state index is 0.762. The van der Waals surface area contributed by atoms with Gasteiger partial charge in [0, 0.05) is 5.56 Å². The van der Waals surface area contributed by atoms with Gasteiger partial charge in [0.2, 0.25) is 0 Å². The van der Waals surface area contributed by atoms with E-state index in [1.165, 1.54) is 22.3 Å². The van der Waals surface area contributed by atoms with Gasteiger partial charge in [-0.2, -0.15) is 5.10 Å². The van der Waals surface area contributed by atoms with E-state index < -0.39 is 0 Å². The lowest BCUT2D eigenvalue weighted by Gasteiger charge is -2.08. The number of aromatic amines is 2. The van der Waals surface area contributed by atoms with Crippen molar-refractivity contribution in [2.75, 3.05) is 0 Å². The predicted octanol–water partition coefficient (Wildman–Crippen LogP) is 5.61. The Hall–Kier alpha value is -3.73. The highest BCUT2D eigenvalue weighted by Gasteiger charge is 2.13. The zero-order chi connectivity index (χ0) is 20.0. The van der Waals surface area contributed by atoms with Gasteiger partial charge in [0.15, 0.2) is 5.82 Å². The number of benzene rings is 2. The third-order valence-corrected chi connectivity index (χ3v) is 5.17. The third kappa shape index (κ3) is 3.10. The van der Waals surface area contributed by atoms with Crippen LogP contribution in [0.4, 0.5) is 0 Å². The molecule has 3 aromatic heterocycles. The molecule has 5 heteroatoms. The SMILES string of the molecule is Cc1cc(C)c(-c2cc(-c3cccc(-c4nc5ccccc5[nH]4)n3)[nH]n2)c(C)c1. The second kappa shape index (κ2) is 6.71. The fraction of sp³-hybridized carbons (Fsp3) is 0.125. The lowest BCUT2D eigenvalue weighted by molar-refractivity contribution is 1.08. The lowest BCUT2D eigenvalue weighted by Crippen LogP contribution is -1.90. The van der Waals surface area contributed by atoms with E-state index in [-0.39, 0.29) is 0 Å². The molecular formula is C24H21N5. The summed E-state index contributed by atoms with van der Waals surface area (Å²) in [7, 11) is 0. The van der Waals surface area contributed by atoms with Gasteiger partial charge in [0.05, 0.1) is 28.1 Å². The van der Waals surface area contributed by atoms with Crippen LogP contribution in [-0.2, 0) is 0 Å². The molecule has 2 aromatic carbocycles. The van der Waals surface area contributed by atoms with Gasteiger partial charge in [-0.05, 0) is 62.2 Å². The number of rotatable bonds is 3. The molecule has 0 aliphatic rings. The van der Waals surface area contributed by atoms with Crippen molar-refractivity contribution in [1.29, 1.82) is 0 Å². The summed E-state index contributed by atoms with van der Waals surface area (Å²) in [6.07, 6.45) is 0. The summed E-state index contributed by atoms with van der Waals surface area (Å²) >= 11 is 0. The molecule has 0 fully saturated rings. The maximum Gasteiger partial charge on any atom is 0.157 e. The molecule has 2 N–H and O–H groups in total. The number of imidazole rings is 1. The topological polar surface area (TPSA) is 70.2 Å². The number of nitrogens with zero attached hydrogens (tertiary/aromatic N) is 3. The smallest absolute Gasteiger partial charge is 0.157 e. The normalized spacial score (nSPS) is 11.3. The minimum absolute atomic E-state index is 0.762.